The Labute approximate surface area is 177 Å². The third-order valence-electron chi connectivity index (χ3n) is 6.27. The third-order valence-corrected chi connectivity index (χ3v) is 6.27. The van der Waals surface area contributed by atoms with Crippen LogP contribution in [0.5, 0.6) is 0 Å². The summed E-state index contributed by atoms with van der Waals surface area (Å²) in [5.41, 5.74) is 3.14. The molecule has 0 atom stereocenters. The van der Waals surface area contributed by atoms with Gasteiger partial charge in [-0.05, 0) is 36.8 Å². The number of hydrogen-bond donors (Lipinski definition) is 1. The Kier molecular flexibility index (Phi) is 6.26. The van der Waals surface area contributed by atoms with Gasteiger partial charge in [0.15, 0.2) is 5.78 Å². The fourth-order valence-electron chi connectivity index (χ4n) is 4.53. The zero-order chi connectivity index (χ0) is 20.9. The molecular weight excluding hydrogens is 376 g/mol. The molecule has 4 rings (SSSR count). The van der Waals surface area contributed by atoms with Gasteiger partial charge in [-0.1, -0.05) is 54.6 Å². The fraction of sp³-hybridized carbons (Fsp3) is 0.400. The van der Waals surface area contributed by atoms with Crippen LogP contribution in [0.2, 0.25) is 0 Å². The maximum absolute atomic E-state index is 12.9. The van der Waals surface area contributed by atoms with Gasteiger partial charge in [-0.15, -0.1) is 0 Å². The fourth-order valence-corrected chi connectivity index (χ4v) is 4.53. The van der Waals surface area contributed by atoms with E-state index in [4.69, 9.17) is 0 Å². The van der Waals surface area contributed by atoms with Crippen LogP contribution in [0, 0.1) is 5.92 Å². The highest BCUT2D eigenvalue weighted by Crippen LogP contribution is 2.30. The molecule has 1 aliphatic heterocycles. The van der Waals surface area contributed by atoms with Gasteiger partial charge in [0, 0.05) is 43.5 Å². The first kappa shape index (κ1) is 20.3. The lowest BCUT2D eigenvalue weighted by Crippen LogP contribution is -2.41. The van der Waals surface area contributed by atoms with Crippen LogP contribution in [0.4, 0.5) is 0 Å². The van der Waals surface area contributed by atoms with Crippen molar-refractivity contribution in [3.8, 4) is 0 Å². The number of amides is 2. The minimum atomic E-state index is -0.0796. The van der Waals surface area contributed by atoms with Crippen molar-refractivity contribution in [3.63, 3.8) is 0 Å². The van der Waals surface area contributed by atoms with Crippen molar-refractivity contribution in [1.29, 1.82) is 0 Å². The normalized spacial score (nSPS) is 20.5. The van der Waals surface area contributed by atoms with E-state index in [1.807, 2.05) is 35.2 Å². The molecule has 2 amide bonds. The van der Waals surface area contributed by atoms with Crippen LogP contribution < -0.4 is 5.32 Å². The number of ketones is 1. The van der Waals surface area contributed by atoms with Crippen molar-refractivity contribution < 1.29 is 14.4 Å². The minimum Gasteiger partial charge on any atom is -0.353 e. The maximum Gasteiger partial charge on any atom is 0.226 e. The average molecular weight is 405 g/mol. The zero-order valence-electron chi connectivity index (χ0n) is 17.2. The minimum absolute atomic E-state index is 0.00772. The molecule has 1 fully saturated rings. The van der Waals surface area contributed by atoms with Gasteiger partial charge >= 0.3 is 0 Å². The van der Waals surface area contributed by atoms with Crippen LogP contribution in [0.25, 0.3) is 0 Å². The molecule has 1 saturated carbocycles. The standard InChI is InChI=1S/C25H28N2O3/c28-23(18-6-2-1-3-7-18)14-15-24(29)26-22-12-10-19(11-13-22)25(30)27-16-20-8-4-5-9-21(20)17-27/h1-9,19,22H,10-17H2,(H,26,29). The number of rotatable bonds is 6. The van der Waals surface area contributed by atoms with Crippen molar-refractivity contribution in [3.05, 3.63) is 71.3 Å². The van der Waals surface area contributed by atoms with Gasteiger partial charge in [0.25, 0.3) is 0 Å². The van der Waals surface area contributed by atoms with Gasteiger partial charge in [-0.3, -0.25) is 14.4 Å². The second kappa shape index (κ2) is 9.24. The lowest BCUT2D eigenvalue weighted by Gasteiger charge is -2.30. The molecule has 1 N–H and O–H groups in total. The molecule has 2 aliphatic rings. The van der Waals surface area contributed by atoms with E-state index >= 15 is 0 Å². The highest BCUT2D eigenvalue weighted by Gasteiger charge is 2.32. The summed E-state index contributed by atoms with van der Waals surface area (Å²) in [5, 5.41) is 3.05. The van der Waals surface area contributed by atoms with E-state index in [0.29, 0.717) is 18.7 Å². The summed E-state index contributed by atoms with van der Waals surface area (Å²) in [5.74, 6) is 0.201. The van der Waals surface area contributed by atoms with Crippen LogP contribution in [0.15, 0.2) is 54.6 Å². The number of nitrogens with one attached hydrogen (secondary N) is 1. The zero-order valence-corrected chi connectivity index (χ0v) is 17.2. The van der Waals surface area contributed by atoms with Gasteiger partial charge in [0.2, 0.25) is 11.8 Å². The van der Waals surface area contributed by atoms with E-state index in [0.717, 1.165) is 25.7 Å². The van der Waals surface area contributed by atoms with Crippen LogP contribution in [0.1, 0.15) is 60.0 Å². The second-order valence-electron chi connectivity index (χ2n) is 8.37. The molecule has 30 heavy (non-hydrogen) atoms. The smallest absolute Gasteiger partial charge is 0.226 e. The highest BCUT2D eigenvalue weighted by molar-refractivity contribution is 5.97. The number of hydrogen-bond acceptors (Lipinski definition) is 3. The van der Waals surface area contributed by atoms with Crippen molar-refractivity contribution >= 4 is 17.6 Å². The molecule has 5 nitrogen and oxygen atoms in total. The molecule has 0 spiro atoms. The largest absolute Gasteiger partial charge is 0.353 e. The van der Waals surface area contributed by atoms with Crippen molar-refractivity contribution in [2.45, 2.75) is 57.7 Å². The monoisotopic (exact) mass is 404 g/mol. The van der Waals surface area contributed by atoms with E-state index in [1.54, 1.807) is 12.1 Å². The first-order valence-corrected chi connectivity index (χ1v) is 10.8. The van der Waals surface area contributed by atoms with Crippen LogP contribution >= 0.6 is 0 Å². The van der Waals surface area contributed by atoms with Gasteiger partial charge in [-0.2, -0.15) is 0 Å². The number of Topliss-reactive ketones (excluding diaryl/α,β-unsaturated/α-hetero) is 1. The second-order valence-corrected chi connectivity index (χ2v) is 8.37. The molecule has 5 heteroatoms. The number of fused-ring (bicyclic) bond motifs is 1. The van der Waals surface area contributed by atoms with E-state index in [-0.39, 0.29) is 42.4 Å². The van der Waals surface area contributed by atoms with Gasteiger partial charge in [0.05, 0.1) is 0 Å². The molecule has 2 aromatic rings. The molecular formula is C25H28N2O3. The van der Waals surface area contributed by atoms with Gasteiger partial charge in [0.1, 0.15) is 0 Å². The summed E-state index contributed by atoms with van der Waals surface area (Å²) >= 11 is 0. The number of nitrogens with zero attached hydrogens (tertiary/aromatic N) is 1. The predicted molar refractivity (Wildman–Crippen MR) is 115 cm³/mol. The van der Waals surface area contributed by atoms with Gasteiger partial charge in [-0.25, -0.2) is 0 Å². The lowest BCUT2D eigenvalue weighted by atomic mass is 9.85. The van der Waals surface area contributed by atoms with E-state index in [1.165, 1.54) is 11.1 Å². The number of carbonyl (C=O) groups is 3. The Hall–Kier alpha value is -2.95. The summed E-state index contributed by atoms with van der Waals surface area (Å²) < 4.78 is 0. The van der Waals surface area contributed by atoms with Crippen molar-refractivity contribution in [2.24, 2.45) is 5.92 Å². The number of carbonyl (C=O) groups excluding carboxylic acids is 3. The predicted octanol–water partition coefficient (Wildman–Crippen LogP) is 3.87. The summed E-state index contributed by atoms with van der Waals surface area (Å²) in [6.07, 6.45) is 3.67. The number of benzene rings is 2. The quantitative estimate of drug-likeness (QED) is 0.744. The van der Waals surface area contributed by atoms with Crippen molar-refractivity contribution in [1.82, 2.24) is 10.2 Å². The van der Waals surface area contributed by atoms with Gasteiger partial charge < -0.3 is 10.2 Å². The lowest BCUT2D eigenvalue weighted by molar-refractivity contribution is -0.137. The average Bonchev–Trinajstić information content (AvgIpc) is 3.22. The molecule has 2 aromatic carbocycles. The Morgan fingerprint density at radius 3 is 2.03 bits per heavy atom. The molecule has 0 radical (unpaired) electrons. The van der Waals surface area contributed by atoms with E-state index in [9.17, 15) is 14.4 Å². The molecule has 0 unspecified atom stereocenters. The first-order chi connectivity index (χ1) is 14.6. The molecule has 0 aromatic heterocycles. The summed E-state index contributed by atoms with van der Waals surface area (Å²) in [6.45, 7) is 1.42. The van der Waals surface area contributed by atoms with Crippen LogP contribution in [0.3, 0.4) is 0 Å². The van der Waals surface area contributed by atoms with Crippen LogP contribution in [-0.2, 0) is 22.7 Å². The highest BCUT2D eigenvalue weighted by atomic mass is 16.2. The topological polar surface area (TPSA) is 66.5 Å². The Bertz CT molecular complexity index is 892. The maximum atomic E-state index is 12.9. The summed E-state index contributed by atoms with van der Waals surface area (Å²) in [4.78, 5) is 39.3. The molecule has 1 aliphatic carbocycles. The Balaban J connectivity index is 1.19. The third kappa shape index (κ3) is 4.78. The first-order valence-electron chi connectivity index (χ1n) is 10.8. The summed E-state index contributed by atoms with van der Waals surface area (Å²) in [7, 11) is 0. The molecule has 0 bridgehead atoms. The SMILES string of the molecule is O=C(CCC(=O)c1ccccc1)NC1CCC(C(=O)N2Cc3ccccc3C2)CC1. The van der Waals surface area contributed by atoms with Crippen molar-refractivity contribution in [2.75, 3.05) is 0 Å². The molecule has 1 heterocycles. The van der Waals surface area contributed by atoms with E-state index < -0.39 is 0 Å². The Morgan fingerprint density at radius 1 is 0.800 bits per heavy atom. The van der Waals surface area contributed by atoms with Crippen LogP contribution in [-0.4, -0.2) is 28.5 Å². The Morgan fingerprint density at radius 2 is 1.40 bits per heavy atom. The summed E-state index contributed by atoms with van der Waals surface area (Å²) in [6, 6.07) is 17.4. The molecule has 156 valence electrons. The van der Waals surface area contributed by atoms with E-state index in [2.05, 4.69) is 17.4 Å². The molecule has 0 saturated heterocycles.